The Morgan fingerprint density at radius 2 is 1.87 bits per heavy atom. The Kier molecular flexibility index (Phi) is 7.72. The van der Waals surface area contributed by atoms with Crippen LogP contribution in [-0.2, 0) is 18.3 Å². The summed E-state index contributed by atoms with van der Waals surface area (Å²) in [6.07, 6.45) is -0.620. The fourth-order valence-corrected chi connectivity index (χ4v) is 7.29. The normalized spacial score (nSPS) is 29.1. The lowest BCUT2D eigenvalue weighted by Crippen LogP contribution is -2.56. The summed E-state index contributed by atoms with van der Waals surface area (Å²) >= 11 is 0. The van der Waals surface area contributed by atoms with Crippen LogP contribution in [0.15, 0.2) is 48.5 Å². The van der Waals surface area contributed by atoms with Gasteiger partial charge < -0.3 is 19.6 Å². The highest BCUT2D eigenvalue weighted by molar-refractivity contribution is 5.71. The van der Waals surface area contributed by atoms with E-state index in [-0.39, 0.29) is 37.3 Å². The topological polar surface area (TPSA) is 53.0 Å². The van der Waals surface area contributed by atoms with E-state index in [0.717, 1.165) is 42.5 Å². The molecule has 1 amide bonds. The summed E-state index contributed by atoms with van der Waals surface area (Å²) in [6.45, 7) is 1.46. The highest BCUT2D eigenvalue weighted by Gasteiger charge is 2.61. The van der Waals surface area contributed by atoms with Crippen LogP contribution in [0, 0.1) is 5.92 Å². The van der Waals surface area contributed by atoms with Crippen LogP contribution in [0.4, 0.5) is 18.0 Å². The number of alkyl halides is 3. The van der Waals surface area contributed by atoms with Crippen LogP contribution < -0.4 is 4.74 Å². The summed E-state index contributed by atoms with van der Waals surface area (Å²) < 4.78 is 47.4. The average molecular weight is 545 g/mol. The minimum atomic E-state index is -4.65. The molecule has 5 nitrogen and oxygen atoms in total. The van der Waals surface area contributed by atoms with Crippen LogP contribution in [0.5, 0.6) is 5.75 Å². The van der Waals surface area contributed by atoms with E-state index < -0.39 is 17.2 Å². The van der Waals surface area contributed by atoms with Gasteiger partial charge in [-0.15, -0.1) is 0 Å². The van der Waals surface area contributed by atoms with E-state index in [1.54, 1.807) is 6.07 Å². The Morgan fingerprint density at radius 1 is 1.10 bits per heavy atom. The number of benzene rings is 2. The zero-order chi connectivity index (χ0) is 27.8. The van der Waals surface area contributed by atoms with E-state index in [9.17, 15) is 23.1 Å². The molecule has 2 fully saturated rings. The van der Waals surface area contributed by atoms with Gasteiger partial charge in [-0.2, -0.15) is 13.2 Å². The van der Waals surface area contributed by atoms with Gasteiger partial charge in [0.05, 0.1) is 0 Å². The number of piperidine rings is 1. The number of ether oxygens (including phenoxy) is 1. The van der Waals surface area contributed by atoms with Gasteiger partial charge in [0.1, 0.15) is 5.75 Å². The fourth-order valence-electron chi connectivity index (χ4n) is 7.29. The lowest BCUT2D eigenvalue weighted by atomic mass is 9.52. The zero-order valence-corrected chi connectivity index (χ0v) is 22.8. The Balaban J connectivity index is 1.43. The van der Waals surface area contributed by atoms with Crippen molar-refractivity contribution in [3.8, 4) is 5.75 Å². The van der Waals surface area contributed by atoms with Crippen LogP contribution in [0.2, 0.25) is 0 Å². The third kappa shape index (κ3) is 5.55. The second kappa shape index (κ2) is 10.8. The van der Waals surface area contributed by atoms with Crippen molar-refractivity contribution >= 4 is 6.09 Å². The third-order valence-corrected chi connectivity index (χ3v) is 9.26. The molecule has 212 valence electrons. The van der Waals surface area contributed by atoms with E-state index in [0.29, 0.717) is 31.6 Å². The summed E-state index contributed by atoms with van der Waals surface area (Å²) in [5.74, 6) is 0.169. The van der Waals surface area contributed by atoms with Crippen LogP contribution in [0.1, 0.15) is 61.6 Å². The van der Waals surface area contributed by atoms with Crippen molar-refractivity contribution in [1.29, 1.82) is 0 Å². The number of halogens is 3. The number of likely N-dealkylation sites (tertiary alicyclic amines) is 1. The van der Waals surface area contributed by atoms with Gasteiger partial charge in [0.25, 0.3) is 0 Å². The van der Waals surface area contributed by atoms with Crippen molar-refractivity contribution in [2.75, 3.05) is 27.2 Å². The smallest absolute Gasteiger partial charge is 0.410 e. The molecule has 0 spiro atoms. The zero-order valence-electron chi connectivity index (χ0n) is 22.8. The van der Waals surface area contributed by atoms with Gasteiger partial charge in [0.15, 0.2) is 5.60 Å². The van der Waals surface area contributed by atoms with Gasteiger partial charge in [-0.05, 0) is 107 Å². The van der Waals surface area contributed by atoms with Gasteiger partial charge in [0, 0.05) is 24.5 Å². The van der Waals surface area contributed by atoms with Crippen LogP contribution >= 0.6 is 0 Å². The molecule has 4 atom stereocenters. The molecule has 8 heteroatoms. The number of amides is 1. The lowest BCUT2D eigenvalue weighted by molar-refractivity contribution is -0.279. The van der Waals surface area contributed by atoms with Crippen molar-refractivity contribution in [2.45, 2.75) is 81.0 Å². The maximum atomic E-state index is 13.9. The highest BCUT2D eigenvalue weighted by Crippen LogP contribution is 2.57. The van der Waals surface area contributed by atoms with Crippen LogP contribution in [-0.4, -0.2) is 66.0 Å². The number of hydrogen-bond donors (Lipinski definition) is 1. The molecule has 5 rings (SSSR count). The largest absolute Gasteiger partial charge is 0.417 e. The fraction of sp³-hybridized carbons (Fsp3) is 0.581. The summed E-state index contributed by atoms with van der Waals surface area (Å²) in [7, 11) is 4.00. The van der Waals surface area contributed by atoms with Crippen molar-refractivity contribution in [2.24, 2.45) is 5.92 Å². The van der Waals surface area contributed by atoms with Crippen LogP contribution in [0.3, 0.4) is 0 Å². The number of rotatable bonds is 5. The third-order valence-electron chi connectivity index (χ3n) is 9.26. The Bertz CT molecular complexity index is 1170. The molecule has 0 bridgehead atoms. The quantitative estimate of drug-likeness (QED) is 0.493. The van der Waals surface area contributed by atoms with Crippen molar-refractivity contribution in [3.63, 3.8) is 0 Å². The molecular formula is C31H39F3N2O3. The van der Waals surface area contributed by atoms with Gasteiger partial charge in [-0.25, -0.2) is 4.79 Å². The van der Waals surface area contributed by atoms with E-state index in [1.165, 1.54) is 0 Å². The summed E-state index contributed by atoms with van der Waals surface area (Å²) in [6, 6.07) is 15.6. The summed E-state index contributed by atoms with van der Waals surface area (Å²) in [4.78, 5) is 17.1. The maximum Gasteiger partial charge on any atom is 0.417 e. The molecule has 39 heavy (non-hydrogen) atoms. The molecule has 1 unspecified atom stereocenters. The number of likely N-dealkylation sites (N-methyl/N-ethyl adjacent to an activating group) is 1. The molecule has 1 saturated carbocycles. The molecule has 0 aromatic heterocycles. The number of fused-ring (bicyclic) bond motifs is 3. The number of aryl methyl sites for hydroxylation is 1. The van der Waals surface area contributed by atoms with Crippen molar-refractivity contribution in [3.05, 3.63) is 65.2 Å². The number of carbonyl (C=O) groups excluding carboxylic acids is 1. The molecule has 3 aliphatic rings. The van der Waals surface area contributed by atoms with Gasteiger partial charge in [-0.3, -0.25) is 0 Å². The van der Waals surface area contributed by atoms with Gasteiger partial charge in [-0.1, -0.05) is 36.4 Å². The first kappa shape index (κ1) is 28.0. The molecule has 2 aliphatic carbocycles. The predicted molar refractivity (Wildman–Crippen MR) is 144 cm³/mol. The van der Waals surface area contributed by atoms with Crippen LogP contribution in [0.25, 0.3) is 0 Å². The minimum absolute atomic E-state index is 0.114. The number of aliphatic hydroxyl groups is 1. The Morgan fingerprint density at radius 3 is 2.59 bits per heavy atom. The predicted octanol–water partition coefficient (Wildman–Crippen LogP) is 6.12. The summed E-state index contributed by atoms with van der Waals surface area (Å²) in [5.41, 5.74) is -0.0510. The Hall–Kier alpha value is -2.58. The Labute approximate surface area is 228 Å². The molecule has 0 radical (unpaired) electrons. The van der Waals surface area contributed by atoms with E-state index in [4.69, 9.17) is 4.74 Å². The SMILES string of the molecule is CN(C)CC1CCCCN1C(=O)Oc1ccc2c(c1)CC[C@@H]1C[C@@](O)(C(F)(F)F)CC[C@@]21Cc1ccccc1. The minimum Gasteiger partial charge on any atom is -0.410 e. The van der Waals surface area contributed by atoms with E-state index in [1.807, 2.05) is 61.5 Å². The van der Waals surface area contributed by atoms with E-state index in [2.05, 4.69) is 4.90 Å². The number of carbonyl (C=O) groups is 1. The molecule has 1 heterocycles. The van der Waals surface area contributed by atoms with Gasteiger partial charge >= 0.3 is 12.3 Å². The van der Waals surface area contributed by atoms with Crippen molar-refractivity contribution < 1.29 is 27.8 Å². The maximum absolute atomic E-state index is 13.9. The van der Waals surface area contributed by atoms with Gasteiger partial charge in [0.2, 0.25) is 0 Å². The number of nitrogens with zero attached hydrogens (tertiary/aromatic N) is 2. The first-order chi connectivity index (χ1) is 18.5. The van der Waals surface area contributed by atoms with Crippen molar-refractivity contribution in [1.82, 2.24) is 9.80 Å². The molecule has 1 N–H and O–H groups in total. The average Bonchev–Trinajstić information content (AvgIpc) is 2.89. The molecule has 1 saturated heterocycles. The molecule has 2 aromatic carbocycles. The number of hydrogen-bond acceptors (Lipinski definition) is 4. The molecule has 2 aromatic rings. The standard InChI is InChI=1S/C31H39F3N2O3/c1-35(2)21-25-10-6-7-17-36(25)28(37)39-26-13-14-27-23(18-26)11-12-24-20-30(38,31(32,33)34)16-15-29(24,27)19-22-8-4-3-5-9-22/h3-5,8-9,13-14,18,24-25,38H,6-7,10-12,15-17,19-21H2,1-2H3/t24-,25?,29+,30-/m1/s1. The summed E-state index contributed by atoms with van der Waals surface area (Å²) in [5, 5.41) is 10.6. The second-order valence-corrected chi connectivity index (χ2v) is 12.1. The first-order valence-electron chi connectivity index (χ1n) is 14.1. The highest BCUT2D eigenvalue weighted by atomic mass is 19.4. The van der Waals surface area contributed by atoms with E-state index >= 15 is 0 Å². The lowest BCUT2D eigenvalue weighted by Gasteiger charge is -2.53. The second-order valence-electron chi connectivity index (χ2n) is 12.1. The molecule has 1 aliphatic heterocycles. The monoisotopic (exact) mass is 544 g/mol. The first-order valence-corrected chi connectivity index (χ1v) is 14.1. The molecular weight excluding hydrogens is 505 g/mol.